The van der Waals surface area contributed by atoms with Crippen LogP contribution in [0.1, 0.15) is 89.2 Å². The molecule has 4 bridgehead atoms. The second-order valence-corrected chi connectivity index (χ2v) is 16.0. The number of rotatable bonds is 11. The topological polar surface area (TPSA) is 105 Å². The molecule has 0 radical (unpaired) electrons. The van der Waals surface area contributed by atoms with Crippen molar-refractivity contribution in [2.24, 2.45) is 0 Å². The number of carbonyl (C=O) groups is 4. The average molecular weight is 732 g/mol. The Kier molecular flexibility index (Phi) is 10.8. The normalized spacial score (nSPS) is 31.2. The van der Waals surface area contributed by atoms with Crippen LogP contribution in [0.4, 0.5) is 0 Å². The molecule has 2 aromatic rings. The molecule has 4 aliphatic rings. The molecule has 4 heterocycles. The Balaban J connectivity index is 0.947. The number of hydrogen-bond acceptors (Lipinski definition) is 8. The monoisotopic (exact) mass is 730 g/mol. The van der Waals surface area contributed by atoms with Gasteiger partial charge >= 0.3 is 23.9 Å². The maximum Gasteiger partial charge on any atom is 0.308 e. The molecule has 4 fully saturated rings. The molecule has 270 valence electrons. The van der Waals surface area contributed by atoms with E-state index in [-0.39, 0.29) is 37.0 Å². The van der Waals surface area contributed by atoms with Gasteiger partial charge in [0, 0.05) is 76.3 Å². The van der Waals surface area contributed by atoms with Gasteiger partial charge in [0.25, 0.3) is 0 Å². The van der Waals surface area contributed by atoms with Crippen LogP contribution in [0, 0.1) is 0 Å². The summed E-state index contributed by atoms with van der Waals surface area (Å²) in [6.07, 6.45) is 7.12. The van der Waals surface area contributed by atoms with Crippen molar-refractivity contribution in [3.8, 4) is 11.5 Å². The van der Waals surface area contributed by atoms with E-state index in [0.29, 0.717) is 45.7 Å². The number of benzene rings is 2. The van der Waals surface area contributed by atoms with Crippen LogP contribution in [-0.4, -0.2) is 83.3 Å². The van der Waals surface area contributed by atoms with E-state index >= 15 is 0 Å². The molecule has 4 aliphatic heterocycles. The highest BCUT2D eigenvalue weighted by molar-refractivity contribution is 6.32. The lowest BCUT2D eigenvalue weighted by Gasteiger charge is -2.47. The van der Waals surface area contributed by atoms with Crippen molar-refractivity contribution >= 4 is 47.1 Å². The summed E-state index contributed by atoms with van der Waals surface area (Å²) in [5.74, 6) is -0.784. The third kappa shape index (κ3) is 7.98. The SMILES string of the molecule is CC(=O)Oc1ccc(C[N+]2(C)C3CCC2CC(OC(=O)CCC(=O)OC2CC4CCC(C2)[N+]4(C)Cc2ccc(OC(C)=O)c(Cl)c2)C3)cc1Cl. The first-order valence-electron chi connectivity index (χ1n) is 17.7. The summed E-state index contributed by atoms with van der Waals surface area (Å²) in [7, 11) is 4.53. The predicted octanol–water partition coefficient (Wildman–Crippen LogP) is 6.69. The van der Waals surface area contributed by atoms with Gasteiger partial charge in [0.2, 0.25) is 0 Å². The van der Waals surface area contributed by atoms with Crippen molar-refractivity contribution < 1.29 is 47.1 Å². The highest BCUT2D eigenvalue weighted by Crippen LogP contribution is 2.45. The number of piperidine rings is 2. The molecule has 2 aromatic carbocycles. The molecule has 4 unspecified atom stereocenters. The first-order chi connectivity index (χ1) is 23.7. The molecule has 50 heavy (non-hydrogen) atoms. The maximum absolute atomic E-state index is 12.9. The lowest BCUT2D eigenvalue weighted by Crippen LogP contribution is -2.58. The summed E-state index contributed by atoms with van der Waals surface area (Å²) in [6, 6.07) is 12.6. The van der Waals surface area contributed by atoms with Crippen molar-refractivity contribution in [3.05, 3.63) is 57.6 Å². The van der Waals surface area contributed by atoms with Gasteiger partial charge in [-0.2, -0.15) is 0 Å². The lowest BCUT2D eigenvalue weighted by atomic mass is 9.95. The maximum atomic E-state index is 12.9. The van der Waals surface area contributed by atoms with E-state index in [1.165, 1.54) is 13.8 Å². The van der Waals surface area contributed by atoms with Crippen molar-refractivity contribution in [2.45, 2.75) is 128 Å². The summed E-state index contributed by atoms with van der Waals surface area (Å²) < 4.78 is 23.9. The fraction of sp³-hybridized carbons (Fsp3) is 0.579. The van der Waals surface area contributed by atoms with Crippen molar-refractivity contribution in [3.63, 3.8) is 0 Å². The number of nitrogens with zero attached hydrogens (tertiary/aromatic N) is 2. The van der Waals surface area contributed by atoms with Gasteiger partial charge in [-0.25, -0.2) is 0 Å². The molecule has 0 aromatic heterocycles. The van der Waals surface area contributed by atoms with Crippen molar-refractivity contribution in [1.82, 2.24) is 0 Å². The molecular weight excluding hydrogens is 683 g/mol. The van der Waals surface area contributed by atoms with E-state index in [2.05, 4.69) is 14.1 Å². The molecule has 4 saturated heterocycles. The predicted molar refractivity (Wildman–Crippen MR) is 186 cm³/mol. The van der Waals surface area contributed by atoms with E-state index < -0.39 is 11.9 Å². The number of ether oxygens (including phenoxy) is 4. The van der Waals surface area contributed by atoms with Gasteiger partial charge in [-0.05, 0) is 36.4 Å². The molecule has 0 spiro atoms. The van der Waals surface area contributed by atoms with E-state index in [1.807, 2.05) is 24.3 Å². The van der Waals surface area contributed by atoms with Crippen molar-refractivity contribution in [2.75, 3.05) is 14.1 Å². The highest BCUT2D eigenvalue weighted by Gasteiger charge is 2.53. The third-order valence-corrected chi connectivity index (χ3v) is 12.4. The van der Waals surface area contributed by atoms with Crippen LogP contribution < -0.4 is 9.47 Å². The van der Waals surface area contributed by atoms with Crippen LogP contribution in [0.3, 0.4) is 0 Å². The number of quaternary nitrogens is 2. The molecule has 0 saturated carbocycles. The van der Waals surface area contributed by atoms with E-state index in [1.54, 1.807) is 12.1 Å². The largest absolute Gasteiger partial charge is 0.462 e. The zero-order chi connectivity index (χ0) is 35.8. The Morgan fingerprint density at radius 3 is 1.26 bits per heavy atom. The van der Waals surface area contributed by atoms with Crippen LogP contribution in [0.2, 0.25) is 10.0 Å². The number of fused-ring (bicyclic) bond motifs is 4. The fourth-order valence-corrected chi connectivity index (χ4v) is 9.82. The van der Waals surface area contributed by atoms with Gasteiger partial charge in [-0.15, -0.1) is 0 Å². The minimum Gasteiger partial charge on any atom is -0.462 e. The zero-order valence-electron chi connectivity index (χ0n) is 29.3. The van der Waals surface area contributed by atoms with Gasteiger partial charge in [0.15, 0.2) is 0 Å². The van der Waals surface area contributed by atoms with Gasteiger partial charge in [-0.1, -0.05) is 23.2 Å². The highest BCUT2D eigenvalue weighted by atomic mass is 35.5. The van der Waals surface area contributed by atoms with Crippen LogP contribution in [0.5, 0.6) is 11.5 Å². The summed E-state index contributed by atoms with van der Waals surface area (Å²) in [5.41, 5.74) is 2.15. The summed E-state index contributed by atoms with van der Waals surface area (Å²) in [5, 5.41) is 0.832. The van der Waals surface area contributed by atoms with Gasteiger partial charge in [-0.3, -0.25) is 19.2 Å². The van der Waals surface area contributed by atoms with Crippen LogP contribution >= 0.6 is 23.2 Å². The van der Waals surface area contributed by atoms with E-state index in [0.717, 1.165) is 84.5 Å². The molecule has 0 aliphatic carbocycles. The zero-order valence-corrected chi connectivity index (χ0v) is 30.8. The first kappa shape index (κ1) is 36.6. The second-order valence-electron chi connectivity index (χ2n) is 15.2. The van der Waals surface area contributed by atoms with Gasteiger partial charge in [0.05, 0.1) is 61.1 Å². The average Bonchev–Trinajstić information content (AvgIpc) is 3.27. The van der Waals surface area contributed by atoms with E-state index in [9.17, 15) is 19.2 Å². The van der Waals surface area contributed by atoms with Crippen LogP contribution in [0.15, 0.2) is 36.4 Å². The molecule has 0 N–H and O–H groups in total. The Morgan fingerprint density at radius 2 is 0.960 bits per heavy atom. The second kappa shape index (κ2) is 14.8. The molecule has 10 nitrogen and oxygen atoms in total. The number of halogens is 2. The number of esters is 4. The molecular formula is C38H48Cl2N2O8+2. The summed E-state index contributed by atoms with van der Waals surface area (Å²) in [4.78, 5) is 48.5. The molecule has 12 heteroatoms. The third-order valence-electron chi connectivity index (χ3n) is 11.8. The van der Waals surface area contributed by atoms with Gasteiger partial charge < -0.3 is 27.9 Å². The van der Waals surface area contributed by atoms with E-state index in [4.69, 9.17) is 42.1 Å². The number of carbonyl (C=O) groups excluding carboxylic acids is 4. The minimum absolute atomic E-state index is 0.0153. The Labute approximate surface area is 304 Å². The Bertz CT molecular complexity index is 1500. The summed E-state index contributed by atoms with van der Waals surface area (Å²) >= 11 is 12.8. The fourth-order valence-electron chi connectivity index (χ4n) is 9.34. The Morgan fingerprint density at radius 1 is 0.620 bits per heavy atom. The molecule has 4 atom stereocenters. The molecule has 6 rings (SSSR count). The van der Waals surface area contributed by atoms with Crippen molar-refractivity contribution in [1.29, 1.82) is 0 Å². The number of hydrogen-bond donors (Lipinski definition) is 0. The first-order valence-corrected chi connectivity index (χ1v) is 18.5. The molecule has 0 amide bonds. The van der Waals surface area contributed by atoms with Gasteiger partial charge in [0.1, 0.15) is 36.8 Å². The minimum atomic E-state index is -0.407. The lowest BCUT2D eigenvalue weighted by molar-refractivity contribution is -0.961. The summed E-state index contributed by atoms with van der Waals surface area (Å²) in [6.45, 7) is 4.29. The Hall–Kier alpha value is -3.18. The smallest absolute Gasteiger partial charge is 0.308 e. The van der Waals surface area contributed by atoms with Crippen LogP contribution in [-0.2, 0) is 41.7 Å². The standard InChI is InChI=1S/C38H48Cl2N2O8/c1-23(43)47-35-11-5-25(15-33(35)39)21-41(3)27-7-8-28(41)18-31(17-27)49-37(45)13-14-38(46)50-32-19-29-9-10-30(20-32)42(29,4)22-26-6-12-36(34(40)16-26)48-24(2)44/h5-6,11-12,15-16,27-32H,7-10,13-14,17-22H2,1-4H3/q+2. The van der Waals surface area contributed by atoms with Crippen LogP contribution in [0.25, 0.3) is 0 Å². The quantitative estimate of drug-likeness (QED) is 0.143.